The second kappa shape index (κ2) is 4.53. The summed E-state index contributed by atoms with van der Waals surface area (Å²) in [5, 5.41) is 3.92. The van der Waals surface area contributed by atoms with Crippen LogP contribution in [0.2, 0.25) is 0 Å². The molecule has 1 unspecified atom stereocenters. The highest BCUT2D eigenvalue weighted by Crippen LogP contribution is 2.29. The third-order valence-electron chi connectivity index (χ3n) is 3.43. The van der Waals surface area contributed by atoms with Crippen molar-refractivity contribution >= 4 is 28.4 Å². The van der Waals surface area contributed by atoms with Crippen LogP contribution < -0.4 is 14.8 Å². The summed E-state index contributed by atoms with van der Waals surface area (Å²) < 4.78 is 7.81. The van der Waals surface area contributed by atoms with Gasteiger partial charge in [0, 0.05) is 5.56 Å². The number of para-hydroxylation sites is 1. The molecule has 1 atom stereocenters. The summed E-state index contributed by atoms with van der Waals surface area (Å²) in [6.45, 7) is 1.97. The van der Waals surface area contributed by atoms with Crippen LogP contribution in [0.15, 0.2) is 41.0 Å². The molecule has 4 rings (SSSR count). The molecule has 5 nitrogen and oxygen atoms in total. The predicted molar refractivity (Wildman–Crippen MR) is 81.3 cm³/mol. The van der Waals surface area contributed by atoms with Crippen LogP contribution in [0.5, 0.6) is 5.75 Å². The molecule has 3 aromatic rings. The van der Waals surface area contributed by atoms with Crippen LogP contribution in [0.1, 0.15) is 12.5 Å². The minimum Gasteiger partial charge on any atom is -0.485 e. The van der Waals surface area contributed by atoms with Crippen LogP contribution in [0.4, 0.5) is 0 Å². The summed E-state index contributed by atoms with van der Waals surface area (Å²) in [7, 11) is 0. The number of ether oxygens (including phenoxy) is 1. The number of aromatic nitrogens is 3. The Morgan fingerprint density at radius 2 is 2.24 bits per heavy atom. The van der Waals surface area contributed by atoms with Gasteiger partial charge in [-0.3, -0.25) is 4.79 Å². The molecule has 6 heteroatoms. The summed E-state index contributed by atoms with van der Waals surface area (Å²) in [6.07, 6.45) is 5.21. The number of nitrogens with zero attached hydrogens (tertiary/aromatic N) is 3. The Labute approximate surface area is 123 Å². The van der Waals surface area contributed by atoms with E-state index >= 15 is 0 Å². The minimum absolute atomic E-state index is 0.0957. The van der Waals surface area contributed by atoms with Crippen molar-refractivity contribution in [2.75, 3.05) is 0 Å². The molecule has 21 heavy (non-hydrogen) atoms. The molecule has 0 N–H and O–H groups in total. The SMILES string of the molecule is CC1Oc2ccccc2C=C1/C=c1/sc2ncnn2c1=O. The van der Waals surface area contributed by atoms with E-state index in [1.54, 1.807) is 0 Å². The van der Waals surface area contributed by atoms with Crippen molar-refractivity contribution in [1.29, 1.82) is 0 Å². The lowest BCUT2D eigenvalue weighted by molar-refractivity contribution is 0.259. The van der Waals surface area contributed by atoms with Gasteiger partial charge in [0.05, 0.1) is 4.53 Å². The Morgan fingerprint density at radius 3 is 3.10 bits per heavy atom. The molecule has 104 valence electrons. The number of hydrogen-bond donors (Lipinski definition) is 0. The van der Waals surface area contributed by atoms with Crippen molar-refractivity contribution in [3.8, 4) is 5.75 Å². The first-order valence-electron chi connectivity index (χ1n) is 6.54. The van der Waals surface area contributed by atoms with Gasteiger partial charge in [0.2, 0.25) is 4.96 Å². The van der Waals surface area contributed by atoms with Crippen LogP contribution >= 0.6 is 11.3 Å². The van der Waals surface area contributed by atoms with Crippen LogP contribution in [0, 0.1) is 0 Å². The number of rotatable bonds is 1. The summed E-state index contributed by atoms with van der Waals surface area (Å²) >= 11 is 1.33. The first-order chi connectivity index (χ1) is 10.2. The van der Waals surface area contributed by atoms with Gasteiger partial charge in [0.15, 0.2) is 0 Å². The van der Waals surface area contributed by atoms with Gasteiger partial charge in [-0.15, -0.1) is 0 Å². The van der Waals surface area contributed by atoms with E-state index in [-0.39, 0.29) is 11.7 Å². The summed E-state index contributed by atoms with van der Waals surface area (Å²) in [5.74, 6) is 0.868. The van der Waals surface area contributed by atoms with Crippen molar-refractivity contribution in [1.82, 2.24) is 14.6 Å². The number of benzene rings is 1. The molecule has 2 aromatic heterocycles. The van der Waals surface area contributed by atoms with E-state index < -0.39 is 0 Å². The molecule has 0 saturated carbocycles. The third-order valence-corrected chi connectivity index (χ3v) is 4.41. The molecule has 0 bridgehead atoms. The second-order valence-electron chi connectivity index (χ2n) is 4.81. The molecule has 0 radical (unpaired) electrons. The van der Waals surface area contributed by atoms with Gasteiger partial charge in [0.25, 0.3) is 5.56 Å². The zero-order valence-electron chi connectivity index (χ0n) is 11.2. The molecule has 0 fully saturated rings. The lowest BCUT2D eigenvalue weighted by Crippen LogP contribution is -2.26. The Hall–Kier alpha value is -2.47. The smallest absolute Gasteiger partial charge is 0.291 e. The lowest BCUT2D eigenvalue weighted by Gasteiger charge is -2.22. The van der Waals surface area contributed by atoms with Crippen LogP contribution in [-0.2, 0) is 0 Å². The van der Waals surface area contributed by atoms with Gasteiger partial charge < -0.3 is 4.74 Å². The van der Waals surface area contributed by atoms with E-state index in [1.807, 2.05) is 37.3 Å². The molecular formula is C15H11N3O2S. The van der Waals surface area contributed by atoms with Gasteiger partial charge in [-0.2, -0.15) is 9.61 Å². The molecule has 1 aromatic carbocycles. The first kappa shape index (κ1) is 12.3. The first-order valence-corrected chi connectivity index (χ1v) is 7.35. The van der Waals surface area contributed by atoms with E-state index in [2.05, 4.69) is 16.2 Å². The monoisotopic (exact) mass is 297 g/mol. The van der Waals surface area contributed by atoms with E-state index in [4.69, 9.17) is 4.74 Å². The molecule has 1 aliphatic heterocycles. The van der Waals surface area contributed by atoms with Crippen LogP contribution in [-0.4, -0.2) is 20.7 Å². The van der Waals surface area contributed by atoms with Crippen LogP contribution in [0.25, 0.3) is 17.1 Å². The van der Waals surface area contributed by atoms with Crippen molar-refractivity contribution in [2.45, 2.75) is 13.0 Å². The van der Waals surface area contributed by atoms with Gasteiger partial charge >= 0.3 is 0 Å². The van der Waals surface area contributed by atoms with Crippen molar-refractivity contribution in [3.05, 3.63) is 56.6 Å². The van der Waals surface area contributed by atoms with Crippen LogP contribution in [0.3, 0.4) is 0 Å². The lowest BCUT2D eigenvalue weighted by atomic mass is 10.0. The zero-order chi connectivity index (χ0) is 14.4. The maximum absolute atomic E-state index is 12.2. The van der Waals surface area contributed by atoms with Crippen molar-refractivity contribution < 1.29 is 4.74 Å². The highest BCUT2D eigenvalue weighted by atomic mass is 32.1. The normalized spacial score (nSPS) is 18.4. The van der Waals surface area contributed by atoms with E-state index in [0.717, 1.165) is 16.9 Å². The summed E-state index contributed by atoms with van der Waals surface area (Å²) in [4.78, 5) is 16.8. The fourth-order valence-corrected chi connectivity index (χ4v) is 3.23. The molecule has 0 spiro atoms. The topological polar surface area (TPSA) is 56.5 Å². The fraction of sp³-hybridized carbons (Fsp3) is 0.133. The number of thiazole rings is 1. The van der Waals surface area contributed by atoms with Gasteiger partial charge in [-0.05, 0) is 30.7 Å². The highest BCUT2D eigenvalue weighted by molar-refractivity contribution is 7.15. The third kappa shape index (κ3) is 1.95. The maximum atomic E-state index is 12.2. The Balaban J connectivity index is 1.88. The Kier molecular flexibility index (Phi) is 2.65. The van der Waals surface area contributed by atoms with E-state index in [0.29, 0.717) is 9.49 Å². The van der Waals surface area contributed by atoms with Gasteiger partial charge in [-0.1, -0.05) is 29.5 Å². The molecule has 0 aliphatic carbocycles. The van der Waals surface area contributed by atoms with Crippen molar-refractivity contribution in [3.63, 3.8) is 0 Å². The van der Waals surface area contributed by atoms with Gasteiger partial charge in [0.1, 0.15) is 18.2 Å². The quantitative estimate of drug-likeness (QED) is 0.683. The molecule has 0 amide bonds. The summed E-state index contributed by atoms with van der Waals surface area (Å²) in [6, 6.07) is 7.86. The summed E-state index contributed by atoms with van der Waals surface area (Å²) in [5.41, 5.74) is 1.85. The number of fused-ring (bicyclic) bond motifs is 2. The van der Waals surface area contributed by atoms with E-state index in [1.165, 1.54) is 22.2 Å². The highest BCUT2D eigenvalue weighted by Gasteiger charge is 2.17. The minimum atomic E-state index is -0.139. The molecular weight excluding hydrogens is 286 g/mol. The standard InChI is InChI=1S/C15H11N3O2S/c1-9-11(6-10-4-2-3-5-12(10)20-9)7-13-14(19)18-15(21-13)16-8-17-18/h2-9H,1H3/b13-7+. The van der Waals surface area contributed by atoms with Gasteiger partial charge in [-0.25, -0.2) is 4.98 Å². The zero-order valence-corrected chi connectivity index (χ0v) is 12.0. The molecule has 1 aliphatic rings. The number of hydrogen-bond acceptors (Lipinski definition) is 5. The average Bonchev–Trinajstić information content (AvgIpc) is 3.04. The fourth-order valence-electron chi connectivity index (χ4n) is 2.35. The maximum Gasteiger partial charge on any atom is 0.291 e. The molecule has 0 saturated heterocycles. The van der Waals surface area contributed by atoms with E-state index in [9.17, 15) is 4.79 Å². The Morgan fingerprint density at radius 1 is 1.38 bits per heavy atom. The molecule has 3 heterocycles. The Bertz CT molecular complexity index is 970. The second-order valence-corrected chi connectivity index (χ2v) is 5.82. The predicted octanol–water partition coefficient (Wildman–Crippen LogP) is 1.51. The average molecular weight is 297 g/mol. The largest absolute Gasteiger partial charge is 0.485 e. The van der Waals surface area contributed by atoms with Crippen molar-refractivity contribution in [2.24, 2.45) is 0 Å².